The van der Waals surface area contributed by atoms with Crippen molar-refractivity contribution in [1.29, 1.82) is 0 Å². The molecule has 22 heavy (non-hydrogen) atoms. The fourth-order valence-corrected chi connectivity index (χ4v) is 3.61. The first-order chi connectivity index (χ1) is 10.7. The highest BCUT2D eigenvalue weighted by Gasteiger charge is 2.29. The molecule has 0 radical (unpaired) electrons. The number of rotatable bonds is 5. The number of nitrogens with zero attached hydrogens (tertiary/aromatic N) is 4. The molecule has 0 aliphatic carbocycles. The van der Waals surface area contributed by atoms with E-state index < -0.39 is 0 Å². The molecule has 2 aromatic rings. The molecule has 118 valence electrons. The van der Waals surface area contributed by atoms with Gasteiger partial charge in [-0.2, -0.15) is 0 Å². The molecule has 0 unspecified atom stereocenters. The summed E-state index contributed by atoms with van der Waals surface area (Å²) in [6, 6.07) is 4.35. The number of hydrogen-bond acceptors (Lipinski definition) is 4. The van der Waals surface area contributed by atoms with Crippen molar-refractivity contribution in [2.75, 3.05) is 12.3 Å². The van der Waals surface area contributed by atoms with Gasteiger partial charge < -0.3 is 9.47 Å². The van der Waals surface area contributed by atoms with Crippen molar-refractivity contribution >= 4 is 17.7 Å². The Morgan fingerprint density at radius 3 is 3.05 bits per heavy atom. The summed E-state index contributed by atoms with van der Waals surface area (Å²) in [6.07, 6.45) is 3.85. The van der Waals surface area contributed by atoms with Crippen LogP contribution in [0.5, 0.6) is 0 Å². The molecule has 1 amide bonds. The topological polar surface area (TPSA) is 66.8 Å². The molecule has 1 aliphatic rings. The van der Waals surface area contributed by atoms with Gasteiger partial charge in [0.25, 0.3) is 0 Å². The largest absolute Gasteiger partial charge is 0.348 e. The Kier molecular flexibility index (Phi) is 4.52. The lowest BCUT2D eigenvalue weighted by molar-refractivity contribution is -0.132. The molecular weight excluding hydrogens is 298 g/mol. The van der Waals surface area contributed by atoms with Crippen molar-refractivity contribution in [2.24, 2.45) is 0 Å². The van der Waals surface area contributed by atoms with Crippen molar-refractivity contribution in [3.05, 3.63) is 29.8 Å². The summed E-state index contributed by atoms with van der Waals surface area (Å²) in [4.78, 5) is 18.9. The van der Waals surface area contributed by atoms with E-state index in [1.165, 1.54) is 17.5 Å². The predicted molar refractivity (Wildman–Crippen MR) is 85.7 cm³/mol. The Labute approximate surface area is 134 Å². The maximum Gasteiger partial charge on any atom is 0.233 e. The third-order valence-electron chi connectivity index (χ3n) is 4.04. The summed E-state index contributed by atoms with van der Waals surface area (Å²) in [6.45, 7) is 5.79. The van der Waals surface area contributed by atoms with E-state index in [1.54, 1.807) is 0 Å². The number of aryl methyl sites for hydroxylation is 1. The molecule has 2 aromatic heterocycles. The Balaban J connectivity index is 1.64. The molecule has 3 rings (SSSR count). The number of H-pyrrole nitrogens is 1. The van der Waals surface area contributed by atoms with Gasteiger partial charge in [0.05, 0.1) is 11.8 Å². The van der Waals surface area contributed by atoms with Crippen molar-refractivity contribution in [2.45, 2.75) is 44.4 Å². The molecule has 0 saturated heterocycles. The van der Waals surface area contributed by atoms with Crippen LogP contribution in [0.2, 0.25) is 0 Å². The molecule has 7 heteroatoms. The minimum absolute atomic E-state index is 0.159. The number of carbonyl (C=O) groups excluding carboxylic acids is 1. The lowest BCUT2D eigenvalue weighted by Crippen LogP contribution is -2.42. The van der Waals surface area contributed by atoms with Gasteiger partial charge in [0.2, 0.25) is 11.1 Å². The van der Waals surface area contributed by atoms with Crippen LogP contribution in [0, 0.1) is 0 Å². The van der Waals surface area contributed by atoms with Crippen LogP contribution in [0.1, 0.15) is 37.8 Å². The number of nitrogens with one attached hydrogen (secondary N) is 1. The average molecular weight is 319 g/mol. The second-order valence-electron chi connectivity index (χ2n) is 5.34. The predicted octanol–water partition coefficient (Wildman–Crippen LogP) is 2.25. The molecule has 1 N–H and O–H groups in total. The van der Waals surface area contributed by atoms with E-state index in [1.807, 2.05) is 11.8 Å². The van der Waals surface area contributed by atoms with Gasteiger partial charge >= 0.3 is 0 Å². The van der Waals surface area contributed by atoms with E-state index in [-0.39, 0.29) is 11.9 Å². The summed E-state index contributed by atoms with van der Waals surface area (Å²) in [5.41, 5.74) is 1.23. The second kappa shape index (κ2) is 6.56. The van der Waals surface area contributed by atoms with Crippen molar-refractivity contribution < 1.29 is 4.79 Å². The smallest absolute Gasteiger partial charge is 0.233 e. The SMILES string of the molecule is CCc1nc(SCC(=O)N2CCn3cccc3[C@H]2CC)n[nH]1. The fourth-order valence-electron chi connectivity index (χ4n) is 2.90. The first kappa shape index (κ1) is 15.1. The van der Waals surface area contributed by atoms with Gasteiger partial charge in [-0.05, 0) is 18.6 Å². The van der Waals surface area contributed by atoms with Gasteiger partial charge in [0.15, 0.2) is 0 Å². The van der Waals surface area contributed by atoms with Crippen molar-refractivity contribution in [1.82, 2.24) is 24.6 Å². The molecule has 0 aromatic carbocycles. The quantitative estimate of drug-likeness (QED) is 0.859. The number of amides is 1. The molecule has 0 saturated carbocycles. The first-order valence-corrected chi connectivity index (χ1v) is 8.70. The number of fused-ring (bicyclic) bond motifs is 1. The zero-order valence-corrected chi connectivity index (χ0v) is 13.8. The number of carbonyl (C=O) groups is 1. The number of hydrogen-bond donors (Lipinski definition) is 1. The van der Waals surface area contributed by atoms with Crippen LogP contribution >= 0.6 is 11.8 Å². The molecule has 6 nitrogen and oxygen atoms in total. The zero-order chi connectivity index (χ0) is 15.5. The maximum atomic E-state index is 12.6. The van der Waals surface area contributed by atoms with Gasteiger partial charge in [0, 0.05) is 31.4 Å². The standard InChI is InChI=1S/C15H21N5OS/c1-3-11-12-6-5-7-19(12)8-9-20(11)14(21)10-22-15-16-13(4-2)17-18-15/h5-7,11H,3-4,8-10H2,1-2H3,(H,16,17,18)/t11-/m1/s1. The van der Waals surface area contributed by atoms with Gasteiger partial charge in [-0.1, -0.05) is 25.6 Å². The Hall–Kier alpha value is -1.76. The van der Waals surface area contributed by atoms with Crippen LogP contribution in [0.3, 0.4) is 0 Å². The highest BCUT2D eigenvalue weighted by molar-refractivity contribution is 7.99. The molecule has 1 aliphatic heterocycles. The number of aromatic amines is 1. The first-order valence-electron chi connectivity index (χ1n) is 7.71. The summed E-state index contributed by atoms with van der Waals surface area (Å²) in [5.74, 6) is 1.41. The average Bonchev–Trinajstić information content (AvgIpc) is 3.19. The monoisotopic (exact) mass is 319 g/mol. The van der Waals surface area contributed by atoms with E-state index >= 15 is 0 Å². The Bertz CT molecular complexity index is 650. The lowest BCUT2D eigenvalue weighted by Gasteiger charge is -2.36. The molecular formula is C15H21N5OS. The van der Waals surface area contributed by atoms with Crippen molar-refractivity contribution in [3.63, 3.8) is 0 Å². The minimum Gasteiger partial charge on any atom is -0.348 e. The van der Waals surface area contributed by atoms with Crippen LogP contribution in [0.25, 0.3) is 0 Å². The van der Waals surface area contributed by atoms with E-state index in [4.69, 9.17) is 0 Å². The van der Waals surface area contributed by atoms with Crippen LogP contribution in [-0.2, 0) is 17.8 Å². The minimum atomic E-state index is 0.159. The third kappa shape index (κ3) is 2.90. The van der Waals surface area contributed by atoms with E-state index in [9.17, 15) is 4.79 Å². The summed E-state index contributed by atoms with van der Waals surface area (Å²) in [5, 5.41) is 7.65. The van der Waals surface area contributed by atoms with Gasteiger partial charge in [0.1, 0.15) is 5.82 Å². The number of thioether (sulfide) groups is 1. The maximum absolute atomic E-state index is 12.6. The zero-order valence-electron chi connectivity index (χ0n) is 13.0. The molecule has 0 spiro atoms. The normalized spacial score (nSPS) is 17.5. The van der Waals surface area contributed by atoms with Gasteiger partial charge in [-0.15, -0.1) is 5.10 Å². The number of aromatic nitrogens is 4. The summed E-state index contributed by atoms with van der Waals surface area (Å²) < 4.78 is 2.24. The summed E-state index contributed by atoms with van der Waals surface area (Å²) in [7, 11) is 0. The molecule has 3 heterocycles. The highest BCUT2D eigenvalue weighted by atomic mass is 32.2. The highest BCUT2D eigenvalue weighted by Crippen LogP contribution is 2.29. The lowest BCUT2D eigenvalue weighted by atomic mass is 10.1. The van der Waals surface area contributed by atoms with Gasteiger partial charge in [-0.25, -0.2) is 4.98 Å². The molecule has 0 bridgehead atoms. The van der Waals surface area contributed by atoms with E-state index in [2.05, 4.69) is 45.0 Å². The van der Waals surface area contributed by atoms with Crippen LogP contribution in [0.15, 0.2) is 23.5 Å². The Morgan fingerprint density at radius 2 is 2.32 bits per heavy atom. The van der Waals surface area contributed by atoms with Crippen molar-refractivity contribution in [3.8, 4) is 0 Å². The van der Waals surface area contributed by atoms with Crippen LogP contribution in [0.4, 0.5) is 0 Å². The van der Waals surface area contributed by atoms with Crippen LogP contribution < -0.4 is 0 Å². The van der Waals surface area contributed by atoms with Gasteiger partial charge in [-0.3, -0.25) is 9.89 Å². The van der Waals surface area contributed by atoms with E-state index in [0.29, 0.717) is 10.9 Å². The van der Waals surface area contributed by atoms with E-state index in [0.717, 1.165) is 31.8 Å². The molecule has 1 atom stereocenters. The summed E-state index contributed by atoms with van der Waals surface area (Å²) >= 11 is 1.40. The molecule has 0 fully saturated rings. The fraction of sp³-hybridized carbons (Fsp3) is 0.533. The van der Waals surface area contributed by atoms with Crippen LogP contribution in [-0.4, -0.2) is 42.9 Å². The second-order valence-corrected chi connectivity index (χ2v) is 6.29. The Morgan fingerprint density at radius 1 is 1.45 bits per heavy atom. The third-order valence-corrected chi connectivity index (χ3v) is 4.87.